The number of aryl methyl sites for hydroxylation is 2. The van der Waals surface area contributed by atoms with Crippen molar-refractivity contribution in [2.24, 2.45) is 0 Å². The molecule has 0 saturated carbocycles. The molecule has 41 heavy (non-hydrogen) atoms. The number of carbonyl (C=O) groups excluding carboxylic acids is 1. The van der Waals surface area contributed by atoms with Gasteiger partial charge in [0.1, 0.15) is 13.1 Å². The average Bonchev–Trinajstić information content (AvgIpc) is 3.02. The number of hydrogen-bond acceptors (Lipinski definition) is 2. The van der Waals surface area contributed by atoms with Crippen LogP contribution in [-0.2, 0) is 17.9 Å². The highest BCUT2D eigenvalue weighted by Crippen LogP contribution is 2.24. The summed E-state index contributed by atoms with van der Waals surface area (Å²) in [4.78, 5) is 13.1. The third-order valence-electron chi connectivity index (χ3n) is 7.61. The first kappa shape index (κ1) is 30.1. The molecule has 2 aromatic carbocycles. The number of aliphatic hydroxyl groups excluding tert-OH is 1. The molecule has 0 aliphatic rings. The fourth-order valence-corrected chi connectivity index (χ4v) is 5.23. The maximum absolute atomic E-state index is 13.1. The van der Waals surface area contributed by atoms with E-state index < -0.39 is 0 Å². The van der Waals surface area contributed by atoms with E-state index in [-0.39, 0.29) is 11.8 Å². The second-order valence-corrected chi connectivity index (χ2v) is 10.7. The maximum Gasteiger partial charge on any atom is 0.232 e. The van der Waals surface area contributed by atoms with E-state index in [1.165, 1.54) is 11.1 Å². The molecular formula is C36H45N3O2+2. The molecule has 0 fully saturated rings. The van der Waals surface area contributed by atoms with Crippen molar-refractivity contribution in [1.29, 1.82) is 0 Å². The van der Waals surface area contributed by atoms with E-state index in [1.807, 2.05) is 60.7 Å². The van der Waals surface area contributed by atoms with E-state index in [0.717, 1.165) is 75.6 Å². The SMILES string of the molecule is O=C(NCCCCCC[n+]1ccc(-c2cc[n+](CCCCCCO)cc2)cc1)C(c1ccccc1)c1ccccc1. The van der Waals surface area contributed by atoms with Gasteiger partial charge in [-0.2, -0.15) is 0 Å². The van der Waals surface area contributed by atoms with Crippen LogP contribution in [0.25, 0.3) is 11.1 Å². The predicted octanol–water partition coefficient (Wildman–Crippen LogP) is 5.99. The van der Waals surface area contributed by atoms with Crippen LogP contribution in [0, 0.1) is 0 Å². The van der Waals surface area contributed by atoms with Gasteiger partial charge in [0.05, 0.1) is 5.92 Å². The molecule has 0 saturated heterocycles. The van der Waals surface area contributed by atoms with Gasteiger partial charge in [0.25, 0.3) is 0 Å². The summed E-state index contributed by atoms with van der Waals surface area (Å²) in [6, 6.07) is 28.8. The quantitative estimate of drug-likeness (QED) is 0.125. The molecule has 0 atom stereocenters. The number of benzene rings is 2. The van der Waals surface area contributed by atoms with Gasteiger partial charge in [0, 0.05) is 50.3 Å². The van der Waals surface area contributed by atoms with Crippen molar-refractivity contribution >= 4 is 5.91 Å². The minimum atomic E-state index is -0.277. The molecule has 2 N–H and O–H groups in total. The number of nitrogens with zero attached hydrogens (tertiary/aromatic N) is 2. The van der Waals surface area contributed by atoms with E-state index in [1.54, 1.807) is 0 Å². The van der Waals surface area contributed by atoms with Crippen LogP contribution < -0.4 is 14.5 Å². The number of nitrogens with one attached hydrogen (secondary N) is 1. The van der Waals surface area contributed by atoms with Crippen molar-refractivity contribution in [3.8, 4) is 11.1 Å². The number of aliphatic hydroxyl groups is 1. The largest absolute Gasteiger partial charge is 0.396 e. The second kappa shape index (κ2) is 17.1. The Labute approximate surface area is 245 Å². The van der Waals surface area contributed by atoms with E-state index in [0.29, 0.717) is 13.2 Å². The Morgan fingerprint density at radius 2 is 1.02 bits per heavy atom. The Balaban J connectivity index is 1.14. The number of carbonyl (C=O) groups is 1. The van der Waals surface area contributed by atoms with E-state index in [9.17, 15) is 4.79 Å². The lowest BCUT2D eigenvalue weighted by molar-refractivity contribution is -0.697. The summed E-state index contributed by atoms with van der Waals surface area (Å²) in [5, 5.41) is 12.1. The summed E-state index contributed by atoms with van der Waals surface area (Å²) in [5.74, 6) is -0.207. The first-order valence-corrected chi connectivity index (χ1v) is 15.2. The zero-order valence-corrected chi connectivity index (χ0v) is 24.2. The molecule has 5 heteroatoms. The lowest BCUT2D eigenvalue weighted by Crippen LogP contribution is -2.33. The molecule has 0 bridgehead atoms. The standard InChI is InChI=1S/C36H44N3O2/c40-30-14-4-3-13-25-39-28-21-32(22-29-39)31-19-26-38(27-20-31)24-12-2-1-11-23-37-36(41)35(33-15-7-5-8-16-33)34-17-9-6-10-18-34/h5-10,15-22,26-29,35,40H,1-4,11-14,23-25,30H2/q+1/p+1. The molecule has 1 amide bonds. The van der Waals surface area contributed by atoms with E-state index in [2.05, 4.69) is 63.5 Å². The first-order valence-electron chi connectivity index (χ1n) is 15.2. The Kier molecular flexibility index (Phi) is 12.6. The van der Waals surface area contributed by atoms with Crippen LogP contribution in [0.4, 0.5) is 0 Å². The lowest BCUT2D eigenvalue weighted by Gasteiger charge is -2.18. The van der Waals surface area contributed by atoms with Gasteiger partial charge in [0.2, 0.25) is 5.91 Å². The Morgan fingerprint density at radius 1 is 0.585 bits per heavy atom. The number of amides is 1. The van der Waals surface area contributed by atoms with Crippen LogP contribution in [0.5, 0.6) is 0 Å². The summed E-state index contributed by atoms with van der Waals surface area (Å²) >= 11 is 0. The molecule has 0 aliphatic heterocycles. The van der Waals surface area contributed by atoms with Gasteiger partial charge < -0.3 is 10.4 Å². The van der Waals surface area contributed by atoms with Crippen molar-refractivity contribution in [1.82, 2.24) is 5.32 Å². The Morgan fingerprint density at radius 3 is 1.49 bits per heavy atom. The Hall–Kier alpha value is -3.83. The molecule has 0 aliphatic carbocycles. The minimum absolute atomic E-state index is 0.0699. The normalized spacial score (nSPS) is 11.1. The van der Waals surface area contributed by atoms with Crippen molar-refractivity contribution in [2.75, 3.05) is 13.2 Å². The predicted molar refractivity (Wildman–Crippen MR) is 164 cm³/mol. The van der Waals surface area contributed by atoms with Crippen LogP contribution >= 0.6 is 0 Å². The lowest BCUT2D eigenvalue weighted by atomic mass is 9.90. The molecular weight excluding hydrogens is 506 g/mol. The molecule has 4 aromatic rings. The monoisotopic (exact) mass is 551 g/mol. The van der Waals surface area contributed by atoms with Gasteiger partial charge in [-0.25, -0.2) is 9.13 Å². The summed E-state index contributed by atoms with van der Waals surface area (Å²) in [5.41, 5.74) is 4.52. The van der Waals surface area contributed by atoms with Crippen molar-refractivity contribution < 1.29 is 19.0 Å². The smallest absolute Gasteiger partial charge is 0.232 e. The van der Waals surface area contributed by atoms with Crippen LogP contribution in [0.2, 0.25) is 0 Å². The first-order chi connectivity index (χ1) is 20.2. The molecule has 0 unspecified atom stereocenters. The van der Waals surface area contributed by atoms with E-state index >= 15 is 0 Å². The molecule has 2 heterocycles. The molecule has 4 rings (SSSR count). The van der Waals surface area contributed by atoms with Crippen molar-refractivity contribution in [3.63, 3.8) is 0 Å². The molecule has 0 radical (unpaired) electrons. The van der Waals surface area contributed by atoms with Crippen LogP contribution in [0.15, 0.2) is 110 Å². The highest BCUT2D eigenvalue weighted by molar-refractivity contribution is 5.87. The highest BCUT2D eigenvalue weighted by atomic mass is 16.2. The minimum Gasteiger partial charge on any atom is -0.396 e. The highest BCUT2D eigenvalue weighted by Gasteiger charge is 2.21. The van der Waals surface area contributed by atoms with Gasteiger partial charge in [-0.05, 0) is 47.9 Å². The fraction of sp³-hybridized carbons (Fsp3) is 0.361. The number of unbranched alkanes of at least 4 members (excludes halogenated alkanes) is 6. The van der Waals surface area contributed by atoms with Crippen molar-refractivity contribution in [3.05, 3.63) is 121 Å². The molecule has 2 aromatic heterocycles. The topological polar surface area (TPSA) is 57.1 Å². The molecule has 214 valence electrons. The van der Waals surface area contributed by atoms with Gasteiger partial charge in [-0.1, -0.05) is 73.5 Å². The number of rotatable bonds is 17. The average molecular weight is 552 g/mol. The van der Waals surface area contributed by atoms with Gasteiger partial charge in [-0.15, -0.1) is 0 Å². The third-order valence-corrected chi connectivity index (χ3v) is 7.61. The zero-order chi connectivity index (χ0) is 28.5. The summed E-state index contributed by atoms with van der Waals surface area (Å²) < 4.78 is 4.49. The maximum atomic E-state index is 13.1. The van der Waals surface area contributed by atoms with Gasteiger partial charge in [0.15, 0.2) is 24.8 Å². The fourth-order valence-electron chi connectivity index (χ4n) is 5.23. The van der Waals surface area contributed by atoms with Gasteiger partial charge >= 0.3 is 0 Å². The third kappa shape index (κ3) is 9.94. The number of pyridine rings is 2. The van der Waals surface area contributed by atoms with Gasteiger partial charge in [-0.3, -0.25) is 4.79 Å². The number of hydrogen-bond donors (Lipinski definition) is 2. The second-order valence-electron chi connectivity index (χ2n) is 10.7. The van der Waals surface area contributed by atoms with E-state index in [4.69, 9.17) is 5.11 Å². The summed E-state index contributed by atoms with van der Waals surface area (Å²) in [6.07, 6.45) is 17.3. The molecule has 5 nitrogen and oxygen atoms in total. The Bertz CT molecular complexity index is 1240. The van der Waals surface area contributed by atoms with Crippen LogP contribution in [-0.4, -0.2) is 24.2 Å². The van der Waals surface area contributed by atoms with Crippen LogP contribution in [0.1, 0.15) is 68.4 Å². The summed E-state index contributed by atoms with van der Waals surface area (Å²) in [7, 11) is 0. The molecule has 0 spiro atoms. The number of aromatic nitrogens is 2. The summed E-state index contributed by atoms with van der Waals surface area (Å²) in [6.45, 7) is 3.03. The zero-order valence-electron chi connectivity index (χ0n) is 24.2. The van der Waals surface area contributed by atoms with Crippen molar-refractivity contribution in [2.45, 2.75) is 70.4 Å². The van der Waals surface area contributed by atoms with Crippen LogP contribution in [0.3, 0.4) is 0 Å².